The first-order valence-electron chi connectivity index (χ1n) is 5.71. The molecular weight excluding hydrogens is 250 g/mol. The first kappa shape index (κ1) is 11.2. The van der Waals surface area contributed by atoms with E-state index in [1.54, 1.807) is 0 Å². The molecule has 1 nitrogen and oxygen atoms in total. The Balaban J connectivity index is 1.96. The monoisotopic (exact) mass is 267 g/mol. The zero-order valence-corrected chi connectivity index (χ0v) is 10.8. The van der Waals surface area contributed by atoms with Crippen molar-refractivity contribution in [3.8, 4) is 0 Å². The van der Waals surface area contributed by atoms with E-state index in [2.05, 4.69) is 52.0 Å². The van der Waals surface area contributed by atoms with E-state index in [-0.39, 0.29) is 0 Å². The topological polar surface area (TPSA) is 3.24 Å². The van der Waals surface area contributed by atoms with Gasteiger partial charge in [0, 0.05) is 17.6 Å². The van der Waals surface area contributed by atoms with Crippen LogP contribution < -0.4 is 0 Å². The molecule has 0 unspecified atom stereocenters. The van der Waals surface area contributed by atoms with Gasteiger partial charge in [-0.05, 0) is 43.0 Å². The molecule has 1 aliphatic rings. The van der Waals surface area contributed by atoms with Gasteiger partial charge in [0.15, 0.2) is 0 Å². The highest BCUT2D eigenvalue weighted by molar-refractivity contribution is 9.10. The van der Waals surface area contributed by atoms with Crippen molar-refractivity contribution in [2.45, 2.75) is 26.3 Å². The average Bonchev–Trinajstić information content (AvgIpc) is 2.17. The second-order valence-electron chi connectivity index (χ2n) is 4.61. The van der Waals surface area contributed by atoms with Gasteiger partial charge in [-0.3, -0.25) is 4.90 Å². The molecule has 0 aliphatic carbocycles. The maximum absolute atomic E-state index is 3.52. The molecule has 0 N–H and O–H groups in total. The number of likely N-dealkylation sites (tertiary alicyclic amines) is 1. The predicted octanol–water partition coefficient (Wildman–Crippen LogP) is 3.68. The summed E-state index contributed by atoms with van der Waals surface area (Å²) in [5, 5.41) is 0. The lowest BCUT2D eigenvalue weighted by Crippen LogP contribution is -2.33. The third kappa shape index (κ3) is 3.32. The van der Waals surface area contributed by atoms with Crippen LogP contribution in [-0.4, -0.2) is 18.0 Å². The summed E-state index contributed by atoms with van der Waals surface area (Å²) in [5.74, 6) is 0.867. The molecule has 0 amide bonds. The van der Waals surface area contributed by atoms with Crippen molar-refractivity contribution in [2.24, 2.45) is 5.92 Å². The minimum atomic E-state index is 0.867. The van der Waals surface area contributed by atoms with Gasteiger partial charge in [-0.2, -0.15) is 0 Å². The summed E-state index contributed by atoms with van der Waals surface area (Å²) in [5.41, 5.74) is 1.42. The summed E-state index contributed by atoms with van der Waals surface area (Å²) in [7, 11) is 0. The minimum Gasteiger partial charge on any atom is -0.299 e. The molecule has 1 fully saturated rings. The fourth-order valence-electron chi connectivity index (χ4n) is 2.32. The summed E-state index contributed by atoms with van der Waals surface area (Å²) in [6, 6.07) is 8.64. The summed E-state index contributed by atoms with van der Waals surface area (Å²) in [6.45, 7) is 5.97. The smallest absolute Gasteiger partial charge is 0.0234 e. The molecule has 0 radical (unpaired) electrons. The molecule has 82 valence electrons. The highest BCUT2D eigenvalue weighted by Crippen LogP contribution is 2.19. The van der Waals surface area contributed by atoms with Crippen molar-refractivity contribution in [1.29, 1.82) is 0 Å². The highest BCUT2D eigenvalue weighted by Gasteiger charge is 2.15. The van der Waals surface area contributed by atoms with E-state index in [0.29, 0.717) is 0 Å². The van der Waals surface area contributed by atoms with Crippen LogP contribution >= 0.6 is 15.9 Å². The largest absolute Gasteiger partial charge is 0.299 e. The normalized spacial score (nSPS) is 22.9. The first-order chi connectivity index (χ1) is 7.24. The second-order valence-corrected chi connectivity index (χ2v) is 5.53. The standard InChI is InChI=1S/C13H18BrN/c1-11-4-3-7-15(9-11)10-12-5-2-6-13(14)8-12/h2,5-6,8,11H,3-4,7,9-10H2,1H3/t11-/m1/s1. The Kier molecular flexibility index (Phi) is 3.81. The Morgan fingerprint density at radius 2 is 2.33 bits per heavy atom. The fourth-order valence-corrected chi connectivity index (χ4v) is 2.77. The summed E-state index contributed by atoms with van der Waals surface area (Å²) >= 11 is 3.52. The first-order valence-corrected chi connectivity index (χ1v) is 6.50. The maximum atomic E-state index is 3.52. The number of nitrogens with zero attached hydrogens (tertiary/aromatic N) is 1. The third-order valence-corrected chi connectivity index (χ3v) is 3.53. The van der Waals surface area contributed by atoms with Crippen LogP contribution in [0.1, 0.15) is 25.3 Å². The molecule has 1 aromatic rings. The number of halogens is 1. The molecular formula is C13H18BrN. The summed E-state index contributed by atoms with van der Waals surface area (Å²) in [6.07, 6.45) is 2.75. The van der Waals surface area contributed by atoms with Gasteiger partial charge in [-0.15, -0.1) is 0 Å². The molecule has 1 aromatic carbocycles. The second kappa shape index (κ2) is 5.13. The molecule has 15 heavy (non-hydrogen) atoms. The van der Waals surface area contributed by atoms with Crippen LogP contribution in [0.5, 0.6) is 0 Å². The highest BCUT2D eigenvalue weighted by atomic mass is 79.9. The minimum absolute atomic E-state index is 0.867. The van der Waals surface area contributed by atoms with E-state index < -0.39 is 0 Å². The number of rotatable bonds is 2. The maximum Gasteiger partial charge on any atom is 0.0234 e. The van der Waals surface area contributed by atoms with Crippen LogP contribution in [0.25, 0.3) is 0 Å². The van der Waals surface area contributed by atoms with Gasteiger partial charge in [0.1, 0.15) is 0 Å². The fraction of sp³-hybridized carbons (Fsp3) is 0.538. The average molecular weight is 268 g/mol. The SMILES string of the molecule is C[C@@H]1CCCN(Cc2cccc(Br)c2)C1. The number of piperidine rings is 1. The van der Waals surface area contributed by atoms with Gasteiger partial charge in [0.2, 0.25) is 0 Å². The Labute approximate surface area is 101 Å². The third-order valence-electron chi connectivity index (χ3n) is 3.04. The van der Waals surface area contributed by atoms with Crippen molar-refractivity contribution in [3.63, 3.8) is 0 Å². The molecule has 1 aliphatic heterocycles. The van der Waals surface area contributed by atoms with Crippen molar-refractivity contribution in [3.05, 3.63) is 34.3 Å². The van der Waals surface area contributed by atoms with E-state index in [0.717, 1.165) is 12.5 Å². The zero-order chi connectivity index (χ0) is 10.7. The molecule has 0 spiro atoms. The van der Waals surface area contributed by atoms with Crippen molar-refractivity contribution in [1.82, 2.24) is 4.90 Å². The van der Waals surface area contributed by atoms with E-state index in [4.69, 9.17) is 0 Å². The van der Waals surface area contributed by atoms with Gasteiger partial charge in [0.25, 0.3) is 0 Å². The molecule has 1 atom stereocenters. The van der Waals surface area contributed by atoms with Crippen LogP contribution in [0.15, 0.2) is 28.7 Å². The summed E-state index contributed by atoms with van der Waals surface area (Å²) < 4.78 is 1.19. The molecule has 1 saturated heterocycles. The molecule has 2 heteroatoms. The number of hydrogen-bond donors (Lipinski definition) is 0. The van der Waals surface area contributed by atoms with Crippen LogP contribution in [0.3, 0.4) is 0 Å². The van der Waals surface area contributed by atoms with Gasteiger partial charge in [-0.25, -0.2) is 0 Å². The lowest BCUT2D eigenvalue weighted by molar-refractivity contribution is 0.176. The Bertz CT molecular complexity index is 324. The number of hydrogen-bond acceptors (Lipinski definition) is 1. The molecule has 0 bridgehead atoms. The van der Waals surface area contributed by atoms with Gasteiger partial charge < -0.3 is 0 Å². The van der Waals surface area contributed by atoms with Crippen molar-refractivity contribution in [2.75, 3.05) is 13.1 Å². The van der Waals surface area contributed by atoms with Crippen LogP contribution in [0.4, 0.5) is 0 Å². The number of benzene rings is 1. The Hall–Kier alpha value is -0.340. The van der Waals surface area contributed by atoms with E-state index in [1.807, 2.05) is 0 Å². The molecule has 2 rings (SSSR count). The quantitative estimate of drug-likeness (QED) is 0.790. The van der Waals surface area contributed by atoms with E-state index in [9.17, 15) is 0 Å². The van der Waals surface area contributed by atoms with Crippen molar-refractivity contribution >= 4 is 15.9 Å². The lowest BCUT2D eigenvalue weighted by Gasteiger charge is -2.30. The van der Waals surface area contributed by atoms with Crippen LogP contribution in [0.2, 0.25) is 0 Å². The Morgan fingerprint density at radius 1 is 1.47 bits per heavy atom. The van der Waals surface area contributed by atoms with Gasteiger partial charge in [0.05, 0.1) is 0 Å². The van der Waals surface area contributed by atoms with E-state index >= 15 is 0 Å². The summed E-state index contributed by atoms with van der Waals surface area (Å²) in [4.78, 5) is 2.57. The van der Waals surface area contributed by atoms with Gasteiger partial charge >= 0.3 is 0 Å². The van der Waals surface area contributed by atoms with Crippen molar-refractivity contribution < 1.29 is 0 Å². The molecule has 0 aromatic heterocycles. The van der Waals surface area contributed by atoms with Gasteiger partial charge in [-0.1, -0.05) is 35.0 Å². The predicted molar refractivity (Wildman–Crippen MR) is 67.8 cm³/mol. The Morgan fingerprint density at radius 3 is 3.07 bits per heavy atom. The lowest BCUT2D eigenvalue weighted by atomic mass is 10.00. The van der Waals surface area contributed by atoms with Crippen LogP contribution in [0, 0.1) is 5.92 Å². The van der Waals surface area contributed by atoms with E-state index in [1.165, 1.54) is 36.0 Å². The molecule has 1 heterocycles. The van der Waals surface area contributed by atoms with Crippen LogP contribution in [-0.2, 0) is 6.54 Å². The molecule has 0 saturated carbocycles. The zero-order valence-electron chi connectivity index (χ0n) is 9.25.